The van der Waals surface area contributed by atoms with E-state index >= 15 is 0 Å². The lowest BCUT2D eigenvalue weighted by atomic mass is 9.96. The summed E-state index contributed by atoms with van der Waals surface area (Å²) in [6.07, 6.45) is 0.386. The van der Waals surface area contributed by atoms with Crippen LogP contribution in [-0.2, 0) is 0 Å². The summed E-state index contributed by atoms with van der Waals surface area (Å²) in [7, 11) is 0. The molecule has 2 atom stereocenters. The van der Waals surface area contributed by atoms with E-state index in [9.17, 15) is 9.90 Å². The van der Waals surface area contributed by atoms with Crippen LogP contribution in [0.3, 0.4) is 0 Å². The van der Waals surface area contributed by atoms with Gasteiger partial charge >= 0.3 is 0 Å². The van der Waals surface area contributed by atoms with E-state index in [0.717, 1.165) is 17.3 Å². The van der Waals surface area contributed by atoms with Crippen LogP contribution in [0.25, 0.3) is 10.9 Å². The number of aromatic amines is 1. The highest BCUT2D eigenvalue weighted by atomic mass is 16.3. The van der Waals surface area contributed by atoms with Crippen molar-refractivity contribution in [2.24, 2.45) is 5.92 Å². The number of fused-ring (bicyclic) bond motifs is 1. The van der Waals surface area contributed by atoms with E-state index in [0.29, 0.717) is 24.5 Å². The highest BCUT2D eigenvalue weighted by molar-refractivity contribution is 6.00. The monoisotopic (exact) mass is 273 g/mol. The Hall–Kier alpha value is -2.01. The fourth-order valence-electron chi connectivity index (χ4n) is 2.70. The molecule has 0 spiro atoms. The molecule has 106 valence electrons. The molecule has 0 radical (unpaired) electrons. The van der Waals surface area contributed by atoms with Gasteiger partial charge in [0.15, 0.2) is 0 Å². The number of hydrogen-bond acceptors (Lipinski definition) is 3. The molecule has 0 saturated carbocycles. The number of aliphatic hydroxyl groups is 1. The van der Waals surface area contributed by atoms with Gasteiger partial charge in [0.25, 0.3) is 5.91 Å². The second-order valence-corrected chi connectivity index (χ2v) is 5.58. The van der Waals surface area contributed by atoms with Crippen LogP contribution in [-0.4, -0.2) is 40.1 Å². The number of hydrogen-bond donors (Lipinski definition) is 3. The number of H-pyrrole nitrogens is 1. The number of amides is 1. The van der Waals surface area contributed by atoms with Crippen molar-refractivity contribution < 1.29 is 9.90 Å². The maximum atomic E-state index is 12.5. The SMILES string of the molecule is CC1CCN(C(=O)c2cc3cccc(N)c3[nH]2)CC1O. The van der Waals surface area contributed by atoms with E-state index < -0.39 is 6.10 Å². The average molecular weight is 273 g/mol. The number of para-hydroxylation sites is 1. The normalized spacial score (nSPS) is 23.2. The van der Waals surface area contributed by atoms with Crippen LogP contribution in [0.4, 0.5) is 5.69 Å². The zero-order chi connectivity index (χ0) is 14.3. The Morgan fingerprint density at radius 1 is 1.50 bits per heavy atom. The molecule has 0 bridgehead atoms. The average Bonchev–Trinajstić information content (AvgIpc) is 2.86. The Labute approximate surface area is 117 Å². The number of nitrogen functional groups attached to an aromatic ring is 1. The van der Waals surface area contributed by atoms with Gasteiger partial charge in [0.2, 0.25) is 0 Å². The zero-order valence-corrected chi connectivity index (χ0v) is 11.5. The summed E-state index contributed by atoms with van der Waals surface area (Å²) in [5, 5.41) is 10.8. The highest BCUT2D eigenvalue weighted by Gasteiger charge is 2.28. The van der Waals surface area contributed by atoms with Gasteiger partial charge < -0.3 is 20.7 Å². The van der Waals surface area contributed by atoms with Gasteiger partial charge in [-0.25, -0.2) is 0 Å². The van der Waals surface area contributed by atoms with Gasteiger partial charge in [-0.3, -0.25) is 4.79 Å². The number of carbonyl (C=O) groups is 1. The number of carbonyl (C=O) groups excluding carboxylic acids is 1. The highest BCUT2D eigenvalue weighted by Crippen LogP contribution is 2.23. The third-order valence-corrected chi connectivity index (χ3v) is 4.12. The second kappa shape index (κ2) is 4.83. The molecule has 1 fully saturated rings. The minimum Gasteiger partial charge on any atom is -0.397 e. The summed E-state index contributed by atoms with van der Waals surface area (Å²) in [5.41, 5.74) is 7.85. The number of β-amino-alcohol motifs (C(OH)–C–C–N with tert-alkyl or cyclic N) is 1. The predicted molar refractivity (Wildman–Crippen MR) is 78.4 cm³/mol. The number of nitrogens with zero attached hydrogens (tertiary/aromatic N) is 1. The van der Waals surface area contributed by atoms with Gasteiger partial charge in [0.05, 0.1) is 17.3 Å². The second-order valence-electron chi connectivity index (χ2n) is 5.58. The lowest BCUT2D eigenvalue weighted by molar-refractivity contribution is 0.0246. The van der Waals surface area contributed by atoms with E-state index in [1.807, 2.05) is 25.1 Å². The van der Waals surface area contributed by atoms with Gasteiger partial charge in [0, 0.05) is 18.5 Å². The Kier molecular flexibility index (Phi) is 3.14. The molecule has 2 aromatic rings. The first kappa shape index (κ1) is 13.0. The predicted octanol–water partition coefficient (Wildman–Crippen LogP) is 1.59. The molecule has 20 heavy (non-hydrogen) atoms. The Balaban J connectivity index is 1.87. The number of piperidine rings is 1. The maximum Gasteiger partial charge on any atom is 0.270 e. The molecular formula is C15H19N3O2. The van der Waals surface area contributed by atoms with Crippen molar-refractivity contribution in [1.29, 1.82) is 0 Å². The van der Waals surface area contributed by atoms with Gasteiger partial charge in [-0.15, -0.1) is 0 Å². The van der Waals surface area contributed by atoms with Crippen molar-refractivity contribution in [1.82, 2.24) is 9.88 Å². The van der Waals surface area contributed by atoms with E-state index in [-0.39, 0.29) is 11.8 Å². The van der Waals surface area contributed by atoms with Crippen LogP contribution >= 0.6 is 0 Å². The van der Waals surface area contributed by atoms with Gasteiger partial charge in [0.1, 0.15) is 5.69 Å². The number of nitrogens with two attached hydrogens (primary N) is 1. The third-order valence-electron chi connectivity index (χ3n) is 4.12. The lowest BCUT2D eigenvalue weighted by Gasteiger charge is -2.34. The fourth-order valence-corrected chi connectivity index (χ4v) is 2.70. The summed E-state index contributed by atoms with van der Waals surface area (Å²) < 4.78 is 0. The number of aromatic nitrogens is 1. The Bertz CT molecular complexity index is 650. The number of aliphatic hydroxyl groups excluding tert-OH is 1. The molecule has 1 aliphatic rings. The molecule has 5 heteroatoms. The first-order valence-electron chi connectivity index (χ1n) is 6.91. The van der Waals surface area contributed by atoms with E-state index in [1.165, 1.54) is 0 Å². The standard InChI is InChI=1S/C15H19N3O2/c1-9-5-6-18(8-13(9)19)15(20)12-7-10-3-2-4-11(16)14(10)17-12/h2-4,7,9,13,17,19H,5-6,8,16H2,1H3. The van der Waals surface area contributed by atoms with Crippen LogP contribution < -0.4 is 5.73 Å². The third kappa shape index (κ3) is 2.14. The summed E-state index contributed by atoms with van der Waals surface area (Å²) >= 11 is 0. The molecule has 1 aromatic carbocycles. The van der Waals surface area contributed by atoms with Crippen molar-refractivity contribution in [2.75, 3.05) is 18.8 Å². The molecule has 5 nitrogen and oxygen atoms in total. The summed E-state index contributed by atoms with van der Waals surface area (Å²) in [5.74, 6) is 0.170. The zero-order valence-electron chi connectivity index (χ0n) is 11.5. The maximum absolute atomic E-state index is 12.5. The summed E-state index contributed by atoms with van der Waals surface area (Å²) in [6.45, 7) is 3.09. The fraction of sp³-hybridized carbons (Fsp3) is 0.400. The summed E-state index contributed by atoms with van der Waals surface area (Å²) in [6, 6.07) is 7.41. The molecule has 0 aliphatic carbocycles. The molecule has 2 unspecified atom stereocenters. The molecule has 1 amide bonds. The molecular weight excluding hydrogens is 254 g/mol. The molecule has 3 rings (SSSR count). The van der Waals surface area contributed by atoms with Crippen molar-refractivity contribution in [2.45, 2.75) is 19.4 Å². The minimum absolute atomic E-state index is 0.0773. The molecule has 1 saturated heterocycles. The largest absolute Gasteiger partial charge is 0.397 e. The topological polar surface area (TPSA) is 82.3 Å². The van der Waals surface area contributed by atoms with Gasteiger partial charge in [-0.05, 0) is 24.5 Å². The van der Waals surface area contributed by atoms with Crippen LogP contribution in [0.2, 0.25) is 0 Å². The van der Waals surface area contributed by atoms with Crippen molar-refractivity contribution in [3.63, 3.8) is 0 Å². The molecule has 2 heterocycles. The van der Waals surface area contributed by atoms with E-state index in [1.54, 1.807) is 11.0 Å². The van der Waals surface area contributed by atoms with Crippen LogP contribution in [0.1, 0.15) is 23.8 Å². The summed E-state index contributed by atoms with van der Waals surface area (Å²) in [4.78, 5) is 17.3. The number of nitrogens with one attached hydrogen (secondary N) is 1. The van der Waals surface area contributed by atoms with Crippen LogP contribution in [0.5, 0.6) is 0 Å². The van der Waals surface area contributed by atoms with Crippen molar-refractivity contribution >= 4 is 22.5 Å². The quantitative estimate of drug-likeness (QED) is 0.690. The number of rotatable bonds is 1. The van der Waals surface area contributed by atoms with Crippen LogP contribution in [0.15, 0.2) is 24.3 Å². The van der Waals surface area contributed by atoms with E-state index in [2.05, 4.69) is 4.98 Å². The molecule has 1 aromatic heterocycles. The van der Waals surface area contributed by atoms with Crippen molar-refractivity contribution in [3.8, 4) is 0 Å². The number of likely N-dealkylation sites (tertiary alicyclic amines) is 1. The van der Waals surface area contributed by atoms with Gasteiger partial charge in [-0.1, -0.05) is 19.1 Å². The first-order chi connectivity index (χ1) is 9.56. The molecule has 1 aliphatic heterocycles. The van der Waals surface area contributed by atoms with Crippen molar-refractivity contribution in [3.05, 3.63) is 30.0 Å². The number of anilines is 1. The van der Waals surface area contributed by atoms with Gasteiger partial charge in [-0.2, -0.15) is 0 Å². The van der Waals surface area contributed by atoms with E-state index in [4.69, 9.17) is 5.73 Å². The number of benzene rings is 1. The smallest absolute Gasteiger partial charge is 0.270 e. The first-order valence-corrected chi connectivity index (χ1v) is 6.91. The Morgan fingerprint density at radius 2 is 2.30 bits per heavy atom. The Morgan fingerprint density at radius 3 is 3.00 bits per heavy atom. The minimum atomic E-state index is -0.442. The molecule has 4 N–H and O–H groups in total. The lowest BCUT2D eigenvalue weighted by Crippen LogP contribution is -2.45. The van der Waals surface area contributed by atoms with Crippen LogP contribution in [0, 0.1) is 5.92 Å².